The van der Waals surface area contributed by atoms with Crippen LogP contribution in [-0.2, 0) is 11.3 Å². The summed E-state index contributed by atoms with van der Waals surface area (Å²) in [5.41, 5.74) is 0.730. The van der Waals surface area contributed by atoms with Gasteiger partial charge in [0, 0.05) is 37.7 Å². The van der Waals surface area contributed by atoms with Crippen molar-refractivity contribution in [2.24, 2.45) is 0 Å². The monoisotopic (exact) mass is 395 g/mol. The zero-order chi connectivity index (χ0) is 20.3. The van der Waals surface area contributed by atoms with Crippen LogP contribution in [0.4, 0.5) is 0 Å². The van der Waals surface area contributed by atoms with E-state index in [1.165, 1.54) is 0 Å². The zero-order valence-electron chi connectivity index (χ0n) is 16.4. The van der Waals surface area contributed by atoms with Gasteiger partial charge in [0.2, 0.25) is 5.78 Å². The van der Waals surface area contributed by atoms with E-state index in [1.54, 1.807) is 29.1 Å². The van der Waals surface area contributed by atoms with Gasteiger partial charge in [-0.15, -0.1) is 0 Å². The van der Waals surface area contributed by atoms with Crippen molar-refractivity contribution in [2.75, 3.05) is 26.4 Å². The number of hydrogen-bond acceptors (Lipinski definition) is 6. The Labute approximate surface area is 169 Å². The molecule has 29 heavy (non-hydrogen) atoms. The van der Waals surface area contributed by atoms with Crippen molar-refractivity contribution in [3.8, 4) is 0 Å². The molecule has 1 aliphatic rings. The SMILES string of the molecule is C[C@@H]1COC[C@@](CO)(CNC(=O)c2cn3cccnc3n2)N1Cc1ccccc1. The maximum absolute atomic E-state index is 12.7. The lowest BCUT2D eigenvalue weighted by molar-refractivity contribution is -0.121. The first-order chi connectivity index (χ1) is 14.1. The lowest BCUT2D eigenvalue weighted by Gasteiger charge is -2.49. The van der Waals surface area contributed by atoms with Gasteiger partial charge in [0.05, 0.1) is 25.4 Å². The Kier molecular flexibility index (Phi) is 5.57. The van der Waals surface area contributed by atoms with Gasteiger partial charge in [-0.2, -0.15) is 0 Å². The van der Waals surface area contributed by atoms with Gasteiger partial charge in [-0.3, -0.25) is 14.1 Å². The highest BCUT2D eigenvalue weighted by Gasteiger charge is 2.43. The van der Waals surface area contributed by atoms with Crippen LogP contribution in [0.15, 0.2) is 55.0 Å². The largest absolute Gasteiger partial charge is 0.394 e. The Bertz CT molecular complexity index is 944. The molecule has 8 nitrogen and oxygen atoms in total. The first-order valence-electron chi connectivity index (χ1n) is 9.68. The molecule has 4 rings (SSSR count). The number of imidazole rings is 1. The maximum Gasteiger partial charge on any atom is 0.271 e. The minimum atomic E-state index is -0.708. The number of aliphatic hydroxyl groups excluding tert-OH is 1. The number of amides is 1. The minimum Gasteiger partial charge on any atom is -0.394 e. The molecule has 0 radical (unpaired) electrons. The molecule has 0 aliphatic carbocycles. The van der Waals surface area contributed by atoms with E-state index in [4.69, 9.17) is 4.74 Å². The van der Waals surface area contributed by atoms with Gasteiger partial charge in [-0.25, -0.2) is 9.97 Å². The third kappa shape index (κ3) is 4.00. The Morgan fingerprint density at radius 1 is 1.34 bits per heavy atom. The highest BCUT2D eigenvalue weighted by molar-refractivity contribution is 5.92. The third-order valence-corrected chi connectivity index (χ3v) is 5.41. The van der Waals surface area contributed by atoms with Gasteiger partial charge in [-0.05, 0) is 18.6 Å². The third-order valence-electron chi connectivity index (χ3n) is 5.41. The standard InChI is InChI=1S/C21H25N5O3/c1-16-12-29-15-21(14-27,26(16)10-17-6-3-2-4-7-17)13-23-19(28)18-11-25-9-5-8-22-20(25)24-18/h2-9,11,16,27H,10,12-15H2,1H3,(H,23,28)/t16-,21+/m1/s1. The van der Waals surface area contributed by atoms with Crippen molar-refractivity contribution in [2.45, 2.75) is 25.0 Å². The highest BCUT2D eigenvalue weighted by atomic mass is 16.5. The molecule has 152 valence electrons. The minimum absolute atomic E-state index is 0.104. The summed E-state index contributed by atoms with van der Waals surface area (Å²) in [6.07, 6.45) is 5.07. The Morgan fingerprint density at radius 2 is 2.17 bits per heavy atom. The predicted octanol–water partition coefficient (Wildman–Crippen LogP) is 1.11. The van der Waals surface area contributed by atoms with Crippen molar-refractivity contribution < 1.29 is 14.6 Å². The number of hydrogen-bond donors (Lipinski definition) is 2. The van der Waals surface area contributed by atoms with Crippen molar-refractivity contribution >= 4 is 11.7 Å². The van der Waals surface area contributed by atoms with Gasteiger partial charge >= 0.3 is 0 Å². The Morgan fingerprint density at radius 3 is 2.93 bits per heavy atom. The van der Waals surface area contributed by atoms with Crippen molar-refractivity contribution in [3.05, 3.63) is 66.2 Å². The fourth-order valence-electron chi connectivity index (χ4n) is 3.78. The molecule has 0 unspecified atom stereocenters. The number of nitrogens with zero attached hydrogens (tertiary/aromatic N) is 4. The van der Waals surface area contributed by atoms with E-state index in [-0.39, 0.29) is 30.8 Å². The molecule has 2 aromatic heterocycles. The number of rotatable bonds is 6. The van der Waals surface area contributed by atoms with E-state index in [9.17, 15) is 9.90 Å². The summed E-state index contributed by atoms with van der Waals surface area (Å²) in [4.78, 5) is 23.3. The summed E-state index contributed by atoms with van der Waals surface area (Å²) in [5.74, 6) is 0.163. The molecule has 2 atom stereocenters. The number of fused-ring (bicyclic) bond motifs is 1. The van der Waals surface area contributed by atoms with Gasteiger partial charge < -0.3 is 15.2 Å². The summed E-state index contributed by atoms with van der Waals surface area (Å²) in [5, 5.41) is 13.2. The van der Waals surface area contributed by atoms with Crippen LogP contribution in [0, 0.1) is 0 Å². The summed E-state index contributed by atoms with van der Waals surface area (Å²) in [6.45, 7) is 3.79. The molecular formula is C21H25N5O3. The highest BCUT2D eigenvalue weighted by Crippen LogP contribution is 2.26. The summed E-state index contributed by atoms with van der Waals surface area (Å²) in [7, 11) is 0. The van der Waals surface area contributed by atoms with Crippen molar-refractivity contribution in [1.82, 2.24) is 24.6 Å². The van der Waals surface area contributed by atoms with Crippen LogP contribution in [0.2, 0.25) is 0 Å². The molecule has 1 amide bonds. The average Bonchev–Trinajstić information content (AvgIpc) is 3.19. The fourth-order valence-corrected chi connectivity index (χ4v) is 3.78. The lowest BCUT2D eigenvalue weighted by Crippen LogP contribution is -2.66. The van der Waals surface area contributed by atoms with Crippen LogP contribution in [0.1, 0.15) is 23.0 Å². The Hall–Kier alpha value is -2.81. The number of nitrogens with one attached hydrogen (secondary N) is 1. The topological polar surface area (TPSA) is 92.0 Å². The average molecular weight is 395 g/mol. The predicted molar refractivity (Wildman–Crippen MR) is 107 cm³/mol. The molecule has 0 spiro atoms. The maximum atomic E-state index is 12.7. The Balaban J connectivity index is 1.52. The van der Waals surface area contributed by atoms with Crippen LogP contribution in [0.25, 0.3) is 5.78 Å². The number of carbonyl (C=O) groups excluding carboxylic acids is 1. The summed E-state index contributed by atoms with van der Waals surface area (Å²) < 4.78 is 7.46. The first-order valence-corrected chi connectivity index (χ1v) is 9.68. The van der Waals surface area contributed by atoms with E-state index >= 15 is 0 Å². The number of carbonyl (C=O) groups is 1. The van der Waals surface area contributed by atoms with Crippen LogP contribution in [-0.4, -0.2) is 68.2 Å². The molecule has 1 aromatic carbocycles. The second-order valence-electron chi connectivity index (χ2n) is 7.50. The molecule has 1 fully saturated rings. The lowest BCUT2D eigenvalue weighted by atomic mass is 9.94. The van der Waals surface area contributed by atoms with Crippen LogP contribution >= 0.6 is 0 Å². The van der Waals surface area contributed by atoms with Crippen LogP contribution < -0.4 is 5.32 Å². The van der Waals surface area contributed by atoms with Gasteiger partial charge in [-0.1, -0.05) is 30.3 Å². The number of morpholine rings is 1. The second-order valence-corrected chi connectivity index (χ2v) is 7.50. The van der Waals surface area contributed by atoms with Crippen molar-refractivity contribution in [3.63, 3.8) is 0 Å². The molecule has 2 N–H and O–H groups in total. The zero-order valence-corrected chi connectivity index (χ0v) is 16.4. The summed E-state index contributed by atoms with van der Waals surface area (Å²) in [6, 6.07) is 12.0. The normalized spacial score (nSPS) is 22.6. The van der Waals surface area contributed by atoms with E-state index in [0.29, 0.717) is 25.5 Å². The molecular weight excluding hydrogens is 370 g/mol. The number of aromatic nitrogens is 3. The molecule has 1 saturated heterocycles. The smallest absolute Gasteiger partial charge is 0.271 e. The van der Waals surface area contributed by atoms with Crippen LogP contribution in [0.5, 0.6) is 0 Å². The summed E-state index contributed by atoms with van der Waals surface area (Å²) >= 11 is 0. The van der Waals surface area contributed by atoms with Crippen LogP contribution in [0.3, 0.4) is 0 Å². The molecule has 8 heteroatoms. The van der Waals surface area contributed by atoms with E-state index in [2.05, 4.69) is 39.2 Å². The first kappa shape index (κ1) is 19.5. The second kappa shape index (κ2) is 8.28. The number of aliphatic hydroxyl groups is 1. The fraction of sp³-hybridized carbons (Fsp3) is 0.381. The molecule has 1 aliphatic heterocycles. The molecule has 0 saturated carbocycles. The van der Waals surface area contributed by atoms with Gasteiger partial charge in [0.25, 0.3) is 5.91 Å². The molecule has 0 bridgehead atoms. The molecule has 3 aromatic rings. The number of benzene rings is 1. The molecule has 3 heterocycles. The van der Waals surface area contributed by atoms with Gasteiger partial charge in [0.15, 0.2) is 0 Å². The quantitative estimate of drug-likeness (QED) is 0.650. The van der Waals surface area contributed by atoms with Crippen molar-refractivity contribution in [1.29, 1.82) is 0 Å². The van der Waals surface area contributed by atoms with E-state index in [0.717, 1.165) is 5.56 Å². The van der Waals surface area contributed by atoms with E-state index in [1.807, 2.05) is 18.2 Å². The van der Waals surface area contributed by atoms with E-state index < -0.39 is 5.54 Å². The van der Waals surface area contributed by atoms with Gasteiger partial charge in [0.1, 0.15) is 5.69 Å². The number of ether oxygens (including phenoxy) is 1.